The molecule has 1 aromatic heterocycles. The van der Waals surface area contributed by atoms with Crippen molar-refractivity contribution in [3.05, 3.63) is 77.4 Å². The average Bonchev–Trinajstić information content (AvgIpc) is 2.77. The fourth-order valence-corrected chi connectivity index (χ4v) is 2.78. The second-order valence-corrected chi connectivity index (χ2v) is 6.60. The molecule has 0 aliphatic rings. The molecule has 8 heteroatoms. The third kappa shape index (κ3) is 6.56. The van der Waals surface area contributed by atoms with E-state index in [1.165, 1.54) is 0 Å². The summed E-state index contributed by atoms with van der Waals surface area (Å²) < 4.78 is 16.3. The van der Waals surface area contributed by atoms with E-state index in [1.54, 1.807) is 31.5 Å². The number of benzene rings is 2. The van der Waals surface area contributed by atoms with Gasteiger partial charge in [-0.15, -0.1) is 0 Å². The van der Waals surface area contributed by atoms with Gasteiger partial charge in [-0.1, -0.05) is 35.9 Å². The number of nitrogens with two attached hydrogens (primary N) is 1. The van der Waals surface area contributed by atoms with Crippen LogP contribution in [0.3, 0.4) is 0 Å². The third-order valence-electron chi connectivity index (χ3n) is 4.00. The smallest absolute Gasteiger partial charge is 0.213 e. The van der Waals surface area contributed by atoms with Crippen LogP contribution < -0.4 is 25.3 Å². The van der Waals surface area contributed by atoms with E-state index in [-0.39, 0.29) is 5.96 Å². The van der Waals surface area contributed by atoms with Gasteiger partial charge in [0.05, 0.1) is 18.7 Å². The van der Waals surface area contributed by atoms with Crippen LogP contribution in [0, 0.1) is 0 Å². The number of hydrogen-bond donors (Lipinski definition) is 2. The Morgan fingerprint density at radius 1 is 1.07 bits per heavy atom. The van der Waals surface area contributed by atoms with Crippen molar-refractivity contribution < 1.29 is 14.2 Å². The van der Waals surface area contributed by atoms with Crippen LogP contribution in [0.1, 0.15) is 5.56 Å². The van der Waals surface area contributed by atoms with Gasteiger partial charge < -0.3 is 25.3 Å². The molecule has 30 heavy (non-hydrogen) atoms. The van der Waals surface area contributed by atoms with Crippen molar-refractivity contribution in [3.63, 3.8) is 0 Å². The first kappa shape index (κ1) is 21.3. The molecule has 0 amide bonds. The summed E-state index contributed by atoms with van der Waals surface area (Å²) in [5.41, 5.74) is 7.57. The molecule has 3 rings (SSSR count). The Labute approximate surface area is 180 Å². The zero-order chi connectivity index (χ0) is 21.2. The lowest BCUT2D eigenvalue weighted by molar-refractivity contribution is 0.212. The number of anilines is 1. The summed E-state index contributed by atoms with van der Waals surface area (Å²) in [5.74, 6) is 2.20. The van der Waals surface area contributed by atoms with Gasteiger partial charge in [0.1, 0.15) is 24.7 Å². The van der Waals surface area contributed by atoms with Gasteiger partial charge in [0.25, 0.3) is 0 Å². The molecule has 0 fully saturated rings. The monoisotopic (exact) mass is 426 g/mol. The van der Waals surface area contributed by atoms with E-state index in [0.29, 0.717) is 36.4 Å². The molecule has 0 unspecified atom stereocenters. The number of methoxy groups -OCH3 is 1. The molecule has 156 valence electrons. The molecule has 0 aliphatic heterocycles. The molecule has 0 spiro atoms. The molecular formula is C22H23ClN4O3. The number of rotatable bonds is 9. The molecule has 0 radical (unpaired) electrons. The van der Waals surface area contributed by atoms with Crippen LogP contribution in [0.25, 0.3) is 0 Å². The molecule has 7 nitrogen and oxygen atoms in total. The van der Waals surface area contributed by atoms with Crippen LogP contribution in [0.15, 0.2) is 71.9 Å². The van der Waals surface area contributed by atoms with E-state index in [0.717, 1.165) is 17.0 Å². The number of ether oxygens (including phenoxy) is 3. The fraction of sp³-hybridized carbons (Fsp3) is 0.182. The normalized spacial score (nSPS) is 11.1. The zero-order valence-electron chi connectivity index (χ0n) is 16.5. The predicted molar refractivity (Wildman–Crippen MR) is 119 cm³/mol. The molecule has 0 bridgehead atoms. The van der Waals surface area contributed by atoms with Gasteiger partial charge in [-0.2, -0.15) is 0 Å². The minimum Gasteiger partial charge on any atom is -0.495 e. The van der Waals surface area contributed by atoms with Gasteiger partial charge in [0.15, 0.2) is 5.96 Å². The first-order valence-corrected chi connectivity index (χ1v) is 9.68. The summed E-state index contributed by atoms with van der Waals surface area (Å²) in [7, 11) is 1.56. The Morgan fingerprint density at radius 3 is 2.57 bits per heavy atom. The Kier molecular flexibility index (Phi) is 7.74. The van der Waals surface area contributed by atoms with E-state index >= 15 is 0 Å². The number of nitrogens with zero attached hydrogens (tertiary/aromatic N) is 2. The molecule has 3 aromatic rings. The molecular weight excluding hydrogens is 404 g/mol. The summed E-state index contributed by atoms with van der Waals surface area (Å²) in [5, 5.41) is 3.48. The highest BCUT2D eigenvalue weighted by Crippen LogP contribution is 2.27. The number of aromatic nitrogens is 1. The summed E-state index contributed by atoms with van der Waals surface area (Å²) in [6.07, 6.45) is 1.70. The van der Waals surface area contributed by atoms with Crippen molar-refractivity contribution >= 4 is 23.2 Å². The topological polar surface area (TPSA) is 91.0 Å². The lowest BCUT2D eigenvalue weighted by atomic mass is 10.3. The molecule has 3 N–H and O–H groups in total. The van der Waals surface area contributed by atoms with E-state index < -0.39 is 0 Å². The number of halogens is 1. The number of nitrogens with one attached hydrogen (secondary N) is 1. The quantitative estimate of drug-likeness (QED) is 0.304. The second-order valence-electron chi connectivity index (χ2n) is 6.19. The van der Waals surface area contributed by atoms with Crippen LogP contribution in [0.4, 0.5) is 5.69 Å². The van der Waals surface area contributed by atoms with Crippen molar-refractivity contribution in [1.29, 1.82) is 0 Å². The van der Waals surface area contributed by atoms with Crippen LogP contribution in [0.2, 0.25) is 5.02 Å². The van der Waals surface area contributed by atoms with E-state index in [2.05, 4.69) is 15.3 Å². The van der Waals surface area contributed by atoms with E-state index in [9.17, 15) is 0 Å². The molecule has 0 saturated carbocycles. The highest BCUT2D eigenvalue weighted by atomic mass is 35.5. The lowest BCUT2D eigenvalue weighted by Gasteiger charge is -2.09. The van der Waals surface area contributed by atoms with Crippen molar-refractivity contribution in [2.45, 2.75) is 6.54 Å². The van der Waals surface area contributed by atoms with Gasteiger partial charge in [0, 0.05) is 18.0 Å². The SMILES string of the molecule is COc1ccc(NC(N)=NCc2ccc(OCCOc3ccccc3)nc2)cc1Cl. The first-order valence-electron chi connectivity index (χ1n) is 9.30. The molecule has 0 saturated heterocycles. The summed E-state index contributed by atoms with van der Waals surface area (Å²) >= 11 is 6.10. The van der Waals surface area contributed by atoms with Crippen LogP contribution in [-0.2, 0) is 6.54 Å². The van der Waals surface area contributed by atoms with Crippen molar-refractivity contribution in [1.82, 2.24) is 4.98 Å². The third-order valence-corrected chi connectivity index (χ3v) is 4.29. The highest BCUT2D eigenvalue weighted by Gasteiger charge is 2.03. The standard InChI is InChI=1S/C22H23ClN4O3/c1-28-20-9-8-17(13-19(20)23)27-22(24)26-15-16-7-10-21(25-14-16)30-12-11-29-18-5-3-2-4-6-18/h2-10,13-14H,11-12,15H2,1H3,(H3,24,26,27). The lowest BCUT2D eigenvalue weighted by Crippen LogP contribution is -2.22. The summed E-state index contributed by atoms with van der Waals surface area (Å²) in [4.78, 5) is 8.59. The maximum Gasteiger partial charge on any atom is 0.213 e. The minimum atomic E-state index is 0.273. The summed E-state index contributed by atoms with van der Waals surface area (Å²) in [6, 6.07) is 18.6. The predicted octanol–water partition coefficient (Wildman–Crippen LogP) is 4.13. The number of aliphatic imine (C=N–C) groups is 1. The second kappa shape index (κ2) is 10.9. The Bertz CT molecular complexity index is 966. The van der Waals surface area contributed by atoms with Crippen LogP contribution in [0.5, 0.6) is 17.4 Å². The van der Waals surface area contributed by atoms with Gasteiger partial charge in [-0.25, -0.2) is 9.98 Å². The van der Waals surface area contributed by atoms with E-state index in [4.69, 9.17) is 31.5 Å². The highest BCUT2D eigenvalue weighted by molar-refractivity contribution is 6.32. The fourth-order valence-electron chi connectivity index (χ4n) is 2.52. The molecule has 0 atom stereocenters. The average molecular weight is 427 g/mol. The Balaban J connectivity index is 1.43. The van der Waals surface area contributed by atoms with Gasteiger partial charge in [-0.3, -0.25) is 0 Å². The number of hydrogen-bond acceptors (Lipinski definition) is 5. The van der Waals surface area contributed by atoms with Crippen LogP contribution in [-0.4, -0.2) is 31.3 Å². The molecule has 0 aliphatic carbocycles. The maximum absolute atomic E-state index is 6.10. The largest absolute Gasteiger partial charge is 0.495 e. The van der Waals surface area contributed by atoms with Gasteiger partial charge >= 0.3 is 0 Å². The molecule has 1 heterocycles. The van der Waals surface area contributed by atoms with Crippen molar-refractivity contribution in [3.8, 4) is 17.4 Å². The van der Waals surface area contributed by atoms with Gasteiger partial charge in [-0.05, 0) is 35.9 Å². The summed E-state index contributed by atoms with van der Waals surface area (Å²) in [6.45, 7) is 1.23. The van der Waals surface area contributed by atoms with E-state index in [1.807, 2.05) is 42.5 Å². The van der Waals surface area contributed by atoms with Crippen molar-refractivity contribution in [2.75, 3.05) is 25.6 Å². The maximum atomic E-state index is 6.10. The number of guanidine groups is 1. The van der Waals surface area contributed by atoms with Gasteiger partial charge in [0.2, 0.25) is 5.88 Å². The Hall–Kier alpha value is -3.45. The molecule has 2 aromatic carbocycles. The number of para-hydroxylation sites is 1. The minimum absolute atomic E-state index is 0.273. The zero-order valence-corrected chi connectivity index (χ0v) is 17.3. The first-order chi connectivity index (χ1) is 14.6. The van der Waals surface area contributed by atoms with Crippen molar-refractivity contribution in [2.24, 2.45) is 10.7 Å². The Morgan fingerprint density at radius 2 is 1.87 bits per heavy atom. The van der Waals surface area contributed by atoms with Crippen LogP contribution >= 0.6 is 11.6 Å². The number of pyridine rings is 1.